The molecule has 3 rings (SSSR count). The van der Waals surface area contributed by atoms with Crippen LogP contribution < -0.4 is 0 Å². The summed E-state index contributed by atoms with van der Waals surface area (Å²) < 4.78 is 28.0. The molecule has 1 aromatic heterocycles. The van der Waals surface area contributed by atoms with E-state index in [4.69, 9.17) is 0 Å². The van der Waals surface area contributed by atoms with E-state index in [0.29, 0.717) is 5.56 Å². The quantitative estimate of drug-likeness (QED) is 0.865. The molecular weight excluding hydrogens is 264 g/mol. The van der Waals surface area contributed by atoms with Gasteiger partial charge in [-0.3, -0.25) is 4.57 Å². The first-order chi connectivity index (χ1) is 9.65. The van der Waals surface area contributed by atoms with Crippen LogP contribution in [-0.4, -0.2) is 26.5 Å². The lowest BCUT2D eigenvalue weighted by atomic mass is 10.2. The van der Waals surface area contributed by atoms with Crippen LogP contribution in [-0.2, 0) is 6.54 Å². The van der Waals surface area contributed by atoms with Gasteiger partial charge in [0.05, 0.1) is 6.54 Å². The van der Waals surface area contributed by atoms with Crippen molar-refractivity contribution in [2.24, 2.45) is 0 Å². The van der Waals surface area contributed by atoms with E-state index in [9.17, 15) is 13.6 Å². The second-order valence-corrected chi connectivity index (χ2v) is 4.85. The van der Waals surface area contributed by atoms with Gasteiger partial charge in [0.25, 0.3) is 0 Å². The number of carbonyl (C=O) groups is 1. The SMILES string of the molecule is O=C(N(Cc1ccc(F)cc1F)C1CC1)n1ccnc1. The van der Waals surface area contributed by atoms with Crippen molar-refractivity contribution in [3.63, 3.8) is 0 Å². The first kappa shape index (κ1) is 12.8. The molecule has 1 amide bonds. The summed E-state index contributed by atoms with van der Waals surface area (Å²) in [6.07, 6.45) is 6.30. The van der Waals surface area contributed by atoms with Gasteiger partial charge in [0.15, 0.2) is 0 Å². The van der Waals surface area contributed by atoms with Crippen LogP contribution in [0.3, 0.4) is 0 Å². The zero-order valence-corrected chi connectivity index (χ0v) is 10.7. The summed E-state index contributed by atoms with van der Waals surface area (Å²) in [7, 11) is 0. The van der Waals surface area contributed by atoms with Gasteiger partial charge >= 0.3 is 6.03 Å². The highest BCUT2D eigenvalue weighted by Gasteiger charge is 2.33. The second kappa shape index (κ2) is 5.03. The number of nitrogens with zero attached hydrogens (tertiary/aromatic N) is 3. The molecule has 0 radical (unpaired) electrons. The molecule has 20 heavy (non-hydrogen) atoms. The predicted octanol–water partition coefficient (Wildman–Crippen LogP) is 2.79. The first-order valence-electron chi connectivity index (χ1n) is 6.38. The third-order valence-corrected chi connectivity index (χ3v) is 3.31. The number of carbonyl (C=O) groups excluding carboxylic acids is 1. The minimum atomic E-state index is -0.630. The summed E-state index contributed by atoms with van der Waals surface area (Å²) in [6.45, 7) is 0.133. The molecule has 2 aromatic rings. The molecule has 0 bridgehead atoms. The number of imidazole rings is 1. The van der Waals surface area contributed by atoms with Crippen LogP contribution in [0, 0.1) is 11.6 Å². The average Bonchev–Trinajstić information content (AvgIpc) is 3.11. The highest BCUT2D eigenvalue weighted by molar-refractivity contribution is 5.77. The van der Waals surface area contributed by atoms with E-state index < -0.39 is 11.6 Å². The van der Waals surface area contributed by atoms with Crippen LogP contribution in [0.25, 0.3) is 0 Å². The van der Waals surface area contributed by atoms with Gasteiger partial charge in [-0.15, -0.1) is 0 Å². The molecule has 0 spiro atoms. The molecule has 4 nitrogen and oxygen atoms in total. The zero-order chi connectivity index (χ0) is 14.1. The molecule has 6 heteroatoms. The lowest BCUT2D eigenvalue weighted by Gasteiger charge is -2.22. The van der Waals surface area contributed by atoms with Crippen LogP contribution in [0.1, 0.15) is 18.4 Å². The van der Waals surface area contributed by atoms with Crippen LogP contribution in [0.4, 0.5) is 13.6 Å². The maximum Gasteiger partial charge on any atom is 0.329 e. The molecule has 0 saturated heterocycles. The topological polar surface area (TPSA) is 38.1 Å². The normalized spacial score (nSPS) is 14.3. The summed E-state index contributed by atoms with van der Waals surface area (Å²) in [6, 6.07) is 3.29. The molecule has 1 heterocycles. The predicted molar refractivity (Wildman–Crippen MR) is 67.9 cm³/mol. The average molecular weight is 277 g/mol. The number of benzene rings is 1. The molecule has 0 N–H and O–H groups in total. The summed E-state index contributed by atoms with van der Waals surface area (Å²) in [4.78, 5) is 17.8. The Hall–Kier alpha value is -2.24. The summed E-state index contributed by atoms with van der Waals surface area (Å²) in [5, 5.41) is 0. The maximum absolute atomic E-state index is 13.7. The molecule has 1 aromatic carbocycles. The van der Waals surface area contributed by atoms with Crippen molar-refractivity contribution < 1.29 is 13.6 Å². The Bertz CT molecular complexity index is 623. The minimum Gasteiger partial charge on any atom is -0.317 e. The van der Waals surface area contributed by atoms with Gasteiger partial charge < -0.3 is 4.90 Å². The fourth-order valence-corrected chi connectivity index (χ4v) is 2.09. The van der Waals surface area contributed by atoms with Crippen molar-refractivity contribution in [1.29, 1.82) is 0 Å². The van der Waals surface area contributed by atoms with Crippen LogP contribution in [0.2, 0.25) is 0 Å². The van der Waals surface area contributed by atoms with Gasteiger partial charge in [-0.25, -0.2) is 18.6 Å². The summed E-state index contributed by atoms with van der Waals surface area (Å²) in [5.74, 6) is -1.25. The molecule has 0 aliphatic heterocycles. The van der Waals surface area contributed by atoms with Gasteiger partial charge in [-0.2, -0.15) is 0 Å². The number of hydrogen-bond acceptors (Lipinski definition) is 2. The van der Waals surface area contributed by atoms with Gasteiger partial charge in [0.1, 0.15) is 18.0 Å². The van der Waals surface area contributed by atoms with Crippen molar-refractivity contribution in [1.82, 2.24) is 14.5 Å². The van der Waals surface area contributed by atoms with Crippen molar-refractivity contribution in [2.75, 3.05) is 0 Å². The second-order valence-electron chi connectivity index (χ2n) is 4.85. The Morgan fingerprint density at radius 1 is 1.40 bits per heavy atom. The molecule has 1 fully saturated rings. The van der Waals surface area contributed by atoms with Crippen LogP contribution in [0.5, 0.6) is 0 Å². The molecule has 1 aliphatic carbocycles. The maximum atomic E-state index is 13.7. The molecule has 0 unspecified atom stereocenters. The Balaban J connectivity index is 1.83. The van der Waals surface area contributed by atoms with Gasteiger partial charge in [0, 0.05) is 30.1 Å². The lowest BCUT2D eigenvalue weighted by molar-refractivity contribution is 0.193. The third kappa shape index (κ3) is 2.54. The monoisotopic (exact) mass is 277 g/mol. The van der Waals surface area contributed by atoms with E-state index in [2.05, 4.69) is 4.98 Å². The molecule has 1 saturated carbocycles. The van der Waals surface area contributed by atoms with E-state index in [-0.39, 0.29) is 18.6 Å². The number of rotatable bonds is 3. The van der Waals surface area contributed by atoms with E-state index in [1.165, 1.54) is 29.2 Å². The van der Waals surface area contributed by atoms with Crippen molar-refractivity contribution in [3.8, 4) is 0 Å². The van der Waals surface area contributed by atoms with E-state index in [0.717, 1.165) is 18.9 Å². The number of aromatic nitrogens is 2. The Morgan fingerprint density at radius 2 is 2.20 bits per heavy atom. The Labute approximate surface area is 114 Å². The summed E-state index contributed by atoms with van der Waals surface area (Å²) in [5.41, 5.74) is 0.312. The van der Waals surface area contributed by atoms with E-state index >= 15 is 0 Å². The van der Waals surface area contributed by atoms with Crippen molar-refractivity contribution in [3.05, 3.63) is 54.1 Å². The smallest absolute Gasteiger partial charge is 0.317 e. The highest BCUT2D eigenvalue weighted by Crippen LogP contribution is 2.29. The van der Waals surface area contributed by atoms with E-state index in [1.807, 2.05) is 0 Å². The first-order valence-corrected chi connectivity index (χ1v) is 6.38. The van der Waals surface area contributed by atoms with Crippen LogP contribution in [0.15, 0.2) is 36.9 Å². The standard InChI is InChI=1S/C14H13F2N3O/c15-11-2-1-10(13(16)7-11)8-19(12-3-4-12)14(20)18-6-5-17-9-18/h1-2,5-7,9,12H,3-4,8H2. The van der Waals surface area contributed by atoms with Gasteiger partial charge in [-0.05, 0) is 18.9 Å². The number of halogens is 2. The number of hydrogen-bond donors (Lipinski definition) is 0. The largest absolute Gasteiger partial charge is 0.329 e. The fraction of sp³-hybridized carbons (Fsp3) is 0.286. The zero-order valence-electron chi connectivity index (χ0n) is 10.7. The molecular formula is C14H13F2N3O. The minimum absolute atomic E-state index is 0.120. The molecule has 0 atom stereocenters. The third-order valence-electron chi connectivity index (χ3n) is 3.31. The highest BCUT2D eigenvalue weighted by atomic mass is 19.1. The van der Waals surface area contributed by atoms with Gasteiger partial charge in [-0.1, -0.05) is 6.07 Å². The summed E-state index contributed by atoms with van der Waals surface area (Å²) >= 11 is 0. The Kier molecular flexibility index (Phi) is 3.22. The van der Waals surface area contributed by atoms with Crippen molar-refractivity contribution >= 4 is 6.03 Å². The van der Waals surface area contributed by atoms with Gasteiger partial charge in [0.2, 0.25) is 0 Å². The van der Waals surface area contributed by atoms with E-state index in [1.54, 1.807) is 11.1 Å². The van der Waals surface area contributed by atoms with Crippen LogP contribution >= 0.6 is 0 Å². The molecule has 1 aliphatic rings. The van der Waals surface area contributed by atoms with Crippen molar-refractivity contribution in [2.45, 2.75) is 25.4 Å². The lowest BCUT2D eigenvalue weighted by Crippen LogP contribution is -2.35. The molecule has 104 valence electrons. The fourth-order valence-electron chi connectivity index (χ4n) is 2.09. The Morgan fingerprint density at radius 3 is 2.80 bits per heavy atom. The number of amides is 1.